The van der Waals surface area contributed by atoms with E-state index in [2.05, 4.69) is 51.7 Å². The Bertz CT molecular complexity index is 1050. The van der Waals surface area contributed by atoms with Crippen LogP contribution in [0, 0.1) is 0 Å². The summed E-state index contributed by atoms with van der Waals surface area (Å²) in [5.41, 5.74) is 11.8. The molecule has 1 aliphatic rings. The van der Waals surface area contributed by atoms with Gasteiger partial charge < -0.3 is 4.74 Å². The summed E-state index contributed by atoms with van der Waals surface area (Å²) in [6, 6.07) is 21.9. The van der Waals surface area contributed by atoms with Gasteiger partial charge in [0.2, 0.25) is 0 Å². The van der Waals surface area contributed by atoms with E-state index in [0.717, 1.165) is 22.6 Å². The fourth-order valence-electron chi connectivity index (χ4n) is 3.48. The highest BCUT2D eigenvalue weighted by Crippen LogP contribution is 2.25. The van der Waals surface area contributed by atoms with Gasteiger partial charge in [-0.3, -0.25) is 4.79 Å². The first-order valence-corrected chi connectivity index (χ1v) is 9.62. The quantitative estimate of drug-likeness (QED) is 0.463. The van der Waals surface area contributed by atoms with Gasteiger partial charge in [-0.1, -0.05) is 36.4 Å². The first-order chi connectivity index (χ1) is 14.1. The number of hydrazine groups is 1. The SMILES string of the molecule is COc1ccc(/C(C)=N/NC(=O)C2CC(c3ccc4ccccc4c3)NN2)cc1. The molecular formula is C23H24N4O2. The largest absolute Gasteiger partial charge is 0.497 e. The van der Waals surface area contributed by atoms with Gasteiger partial charge in [0, 0.05) is 6.04 Å². The summed E-state index contributed by atoms with van der Waals surface area (Å²) in [4.78, 5) is 12.5. The van der Waals surface area contributed by atoms with E-state index in [1.165, 1.54) is 10.8 Å². The molecule has 3 aromatic rings. The summed E-state index contributed by atoms with van der Waals surface area (Å²) in [7, 11) is 1.63. The lowest BCUT2D eigenvalue weighted by atomic mass is 9.99. The van der Waals surface area contributed by atoms with Crippen molar-refractivity contribution in [1.29, 1.82) is 0 Å². The lowest BCUT2D eigenvalue weighted by Crippen LogP contribution is -2.41. The normalized spacial score (nSPS) is 19.3. The molecule has 2 atom stereocenters. The van der Waals surface area contributed by atoms with Crippen LogP contribution in [0.15, 0.2) is 71.8 Å². The summed E-state index contributed by atoms with van der Waals surface area (Å²) in [6.07, 6.45) is 0.654. The molecule has 0 aromatic heterocycles. The predicted molar refractivity (Wildman–Crippen MR) is 115 cm³/mol. The van der Waals surface area contributed by atoms with Crippen LogP contribution < -0.4 is 21.0 Å². The van der Waals surface area contributed by atoms with Crippen LogP contribution in [0.3, 0.4) is 0 Å². The zero-order valence-electron chi connectivity index (χ0n) is 16.5. The Hall–Kier alpha value is -3.22. The highest BCUT2D eigenvalue weighted by atomic mass is 16.5. The Morgan fingerprint density at radius 3 is 2.55 bits per heavy atom. The number of hydrogen-bond acceptors (Lipinski definition) is 5. The second-order valence-electron chi connectivity index (χ2n) is 7.14. The van der Waals surface area contributed by atoms with Crippen molar-refractivity contribution in [3.63, 3.8) is 0 Å². The van der Waals surface area contributed by atoms with E-state index < -0.39 is 0 Å². The molecule has 2 unspecified atom stereocenters. The molecule has 0 spiro atoms. The van der Waals surface area contributed by atoms with E-state index in [1.807, 2.05) is 43.3 Å². The van der Waals surface area contributed by atoms with Gasteiger partial charge in [-0.15, -0.1) is 0 Å². The van der Waals surface area contributed by atoms with Crippen LogP contribution in [-0.2, 0) is 4.79 Å². The smallest absolute Gasteiger partial charge is 0.258 e. The zero-order valence-corrected chi connectivity index (χ0v) is 16.5. The highest BCUT2D eigenvalue weighted by molar-refractivity contribution is 5.99. The molecule has 3 aromatic carbocycles. The van der Waals surface area contributed by atoms with Crippen LogP contribution in [-0.4, -0.2) is 24.8 Å². The van der Waals surface area contributed by atoms with Crippen molar-refractivity contribution in [3.8, 4) is 5.75 Å². The number of fused-ring (bicyclic) bond motifs is 1. The van der Waals surface area contributed by atoms with E-state index in [4.69, 9.17) is 4.74 Å². The van der Waals surface area contributed by atoms with Crippen molar-refractivity contribution < 1.29 is 9.53 Å². The number of rotatable bonds is 5. The van der Waals surface area contributed by atoms with Crippen molar-refractivity contribution in [1.82, 2.24) is 16.3 Å². The van der Waals surface area contributed by atoms with Crippen LogP contribution in [0.4, 0.5) is 0 Å². The number of hydrazone groups is 1. The van der Waals surface area contributed by atoms with Gasteiger partial charge in [0.05, 0.1) is 12.8 Å². The Morgan fingerprint density at radius 1 is 1.03 bits per heavy atom. The maximum absolute atomic E-state index is 12.5. The van der Waals surface area contributed by atoms with Crippen LogP contribution in [0.2, 0.25) is 0 Å². The monoisotopic (exact) mass is 388 g/mol. The molecule has 148 valence electrons. The molecule has 1 fully saturated rings. The van der Waals surface area contributed by atoms with Gasteiger partial charge >= 0.3 is 0 Å². The Labute approximate surface area is 169 Å². The molecule has 0 saturated carbocycles. The molecule has 1 saturated heterocycles. The minimum atomic E-state index is -0.348. The zero-order chi connectivity index (χ0) is 20.2. The molecule has 4 rings (SSSR count). The van der Waals surface area contributed by atoms with Crippen LogP contribution in [0.25, 0.3) is 10.8 Å². The van der Waals surface area contributed by atoms with E-state index in [1.54, 1.807) is 7.11 Å². The van der Waals surface area contributed by atoms with Crippen molar-refractivity contribution in [2.75, 3.05) is 7.11 Å². The van der Waals surface area contributed by atoms with Gasteiger partial charge in [-0.25, -0.2) is 16.3 Å². The fourth-order valence-corrected chi connectivity index (χ4v) is 3.48. The number of benzene rings is 3. The maximum atomic E-state index is 12.5. The fraction of sp³-hybridized carbons (Fsp3) is 0.217. The Balaban J connectivity index is 1.38. The third-order valence-electron chi connectivity index (χ3n) is 5.24. The molecule has 29 heavy (non-hydrogen) atoms. The van der Waals surface area contributed by atoms with Crippen molar-refractivity contribution in [3.05, 3.63) is 77.9 Å². The summed E-state index contributed by atoms with van der Waals surface area (Å²) < 4.78 is 5.16. The van der Waals surface area contributed by atoms with E-state index >= 15 is 0 Å². The summed E-state index contributed by atoms with van der Waals surface area (Å²) >= 11 is 0. The second kappa shape index (κ2) is 8.43. The molecule has 0 radical (unpaired) electrons. The number of ether oxygens (including phenoxy) is 1. The lowest BCUT2D eigenvalue weighted by molar-refractivity contribution is -0.122. The number of nitrogens with one attached hydrogen (secondary N) is 3. The molecule has 0 bridgehead atoms. The third kappa shape index (κ3) is 4.29. The number of carbonyl (C=O) groups excluding carboxylic acids is 1. The minimum absolute atomic E-state index is 0.0713. The van der Waals surface area contributed by atoms with Crippen LogP contribution >= 0.6 is 0 Å². The molecule has 1 heterocycles. The van der Waals surface area contributed by atoms with Crippen LogP contribution in [0.1, 0.15) is 30.5 Å². The van der Waals surface area contributed by atoms with Crippen molar-refractivity contribution in [2.24, 2.45) is 5.10 Å². The van der Waals surface area contributed by atoms with Gasteiger partial charge in [0.25, 0.3) is 5.91 Å². The lowest BCUT2D eigenvalue weighted by Gasteiger charge is -2.11. The molecule has 3 N–H and O–H groups in total. The minimum Gasteiger partial charge on any atom is -0.497 e. The molecular weight excluding hydrogens is 364 g/mol. The highest BCUT2D eigenvalue weighted by Gasteiger charge is 2.30. The second-order valence-corrected chi connectivity index (χ2v) is 7.14. The topological polar surface area (TPSA) is 74.8 Å². The maximum Gasteiger partial charge on any atom is 0.258 e. The van der Waals surface area contributed by atoms with Crippen molar-refractivity contribution >= 4 is 22.4 Å². The number of methoxy groups -OCH3 is 1. The number of hydrogen-bond donors (Lipinski definition) is 3. The number of amides is 1. The Morgan fingerprint density at radius 2 is 1.79 bits per heavy atom. The number of nitrogens with zero attached hydrogens (tertiary/aromatic N) is 1. The molecule has 6 nitrogen and oxygen atoms in total. The van der Waals surface area contributed by atoms with E-state index in [-0.39, 0.29) is 18.0 Å². The average Bonchev–Trinajstić information content (AvgIpc) is 3.27. The molecule has 0 aliphatic carbocycles. The third-order valence-corrected chi connectivity index (χ3v) is 5.24. The van der Waals surface area contributed by atoms with Gasteiger partial charge in [-0.2, -0.15) is 5.10 Å². The molecule has 6 heteroatoms. The number of carbonyl (C=O) groups is 1. The predicted octanol–water partition coefficient (Wildman–Crippen LogP) is 3.30. The first kappa shape index (κ1) is 19.1. The van der Waals surface area contributed by atoms with Gasteiger partial charge in [0.1, 0.15) is 11.8 Å². The standard InChI is InChI=1S/C23H24N4O2/c1-15(16-9-11-20(29-2)12-10-16)24-27-23(28)22-14-21(25-26-22)19-8-7-17-5-3-4-6-18(17)13-19/h3-13,21-22,25-26H,14H2,1-2H3,(H,27,28)/b24-15+. The van der Waals surface area contributed by atoms with Crippen LogP contribution in [0.5, 0.6) is 5.75 Å². The Kier molecular flexibility index (Phi) is 5.55. The summed E-state index contributed by atoms with van der Waals surface area (Å²) in [6.45, 7) is 1.86. The van der Waals surface area contributed by atoms with Crippen molar-refractivity contribution in [2.45, 2.75) is 25.4 Å². The first-order valence-electron chi connectivity index (χ1n) is 9.62. The van der Waals surface area contributed by atoms with E-state index in [0.29, 0.717) is 6.42 Å². The van der Waals surface area contributed by atoms with E-state index in [9.17, 15) is 4.79 Å². The summed E-state index contributed by atoms with van der Waals surface area (Å²) in [5, 5.41) is 6.64. The van der Waals surface area contributed by atoms with Gasteiger partial charge in [0.15, 0.2) is 0 Å². The average molecular weight is 388 g/mol. The summed E-state index contributed by atoms with van der Waals surface area (Å²) in [5.74, 6) is 0.625. The molecule has 1 aliphatic heterocycles. The van der Waals surface area contributed by atoms with Gasteiger partial charge in [-0.05, 0) is 65.6 Å². The molecule has 1 amide bonds.